The third kappa shape index (κ3) is 4.33. The van der Waals surface area contributed by atoms with Crippen LogP contribution in [0.1, 0.15) is 46.3 Å². The van der Waals surface area contributed by atoms with Crippen LogP contribution in [-0.4, -0.2) is 25.4 Å². The maximum absolute atomic E-state index is 13.4. The molecule has 2 N–H and O–H groups in total. The largest absolute Gasteiger partial charge is 0.484 e. The van der Waals surface area contributed by atoms with Crippen molar-refractivity contribution in [3.05, 3.63) is 89.2 Å². The first-order chi connectivity index (χ1) is 16.0. The predicted molar refractivity (Wildman–Crippen MR) is 124 cm³/mol. The van der Waals surface area contributed by atoms with Gasteiger partial charge in [0.25, 0.3) is 5.91 Å². The summed E-state index contributed by atoms with van der Waals surface area (Å²) in [7, 11) is 1.59. The molecule has 5 rings (SSSR count). The number of hydrogen-bond acceptors (Lipinski definition) is 3. The van der Waals surface area contributed by atoms with Gasteiger partial charge in [0.15, 0.2) is 0 Å². The number of hydrogen-bond donors (Lipinski definition) is 2. The second-order valence-electron chi connectivity index (χ2n) is 8.67. The second kappa shape index (κ2) is 8.70. The van der Waals surface area contributed by atoms with E-state index in [9.17, 15) is 14.0 Å². The lowest BCUT2D eigenvalue weighted by atomic mass is 9.88. The number of halogens is 1. The summed E-state index contributed by atoms with van der Waals surface area (Å²) in [4.78, 5) is 25.4. The molecule has 1 aliphatic carbocycles. The SMILES string of the molecule is CNC(=O)C1c2cc(-c3cccc(C(=O)NCC4CC4)c3)ccc2OC1c1ccc(F)cc1. The fourth-order valence-electron chi connectivity index (χ4n) is 4.29. The van der Waals surface area contributed by atoms with Crippen LogP contribution in [0, 0.1) is 11.7 Å². The van der Waals surface area contributed by atoms with Gasteiger partial charge in [0.1, 0.15) is 23.6 Å². The number of benzene rings is 3. The van der Waals surface area contributed by atoms with Gasteiger partial charge in [-0.2, -0.15) is 0 Å². The molecule has 2 aliphatic rings. The minimum absolute atomic E-state index is 0.0761. The quantitative estimate of drug-likeness (QED) is 0.584. The third-order valence-corrected chi connectivity index (χ3v) is 6.34. The van der Waals surface area contributed by atoms with Crippen LogP contribution in [0.4, 0.5) is 4.39 Å². The molecule has 1 aliphatic heterocycles. The van der Waals surface area contributed by atoms with Gasteiger partial charge in [0, 0.05) is 24.7 Å². The molecule has 33 heavy (non-hydrogen) atoms. The molecule has 5 nitrogen and oxygen atoms in total. The molecule has 0 radical (unpaired) electrons. The highest BCUT2D eigenvalue weighted by Crippen LogP contribution is 2.47. The third-order valence-electron chi connectivity index (χ3n) is 6.34. The first-order valence-electron chi connectivity index (χ1n) is 11.2. The van der Waals surface area contributed by atoms with E-state index >= 15 is 0 Å². The average molecular weight is 445 g/mol. The molecule has 1 fully saturated rings. The van der Waals surface area contributed by atoms with Gasteiger partial charge in [-0.25, -0.2) is 4.39 Å². The molecule has 0 bridgehead atoms. The molecule has 3 aromatic rings. The number of carbonyl (C=O) groups is 2. The highest BCUT2D eigenvalue weighted by molar-refractivity contribution is 5.95. The van der Waals surface area contributed by atoms with E-state index in [0.29, 0.717) is 17.2 Å². The highest BCUT2D eigenvalue weighted by atomic mass is 19.1. The van der Waals surface area contributed by atoms with Gasteiger partial charge in [-0.3, -0.25) is 9.59 Å². The molecule has 6 heteroatoms. The lowest BCUT2D eigenvalue weighted by Gasteiger charge is -2.18. The van der Waals surface area contributed by atoms with Gasteiger partial charge in [-0.15, -0.1) is 0 Å². The van der Waals surface area contributed by atoms with Crippen molar-refractivity contribution in [2.24, 2.45) is 5.92 Å². The Balaban J connectivity index is 1.45. The molecule has 2 amide bonds. The van der Waals surface area contributed by atoms with E-state index < -0.39 is 12.0 Å². The Labute approximate surface area is 192 Å². The summed E-state index contributed by atoms with van der Waals surface area (Å²) in [5.74, 6) is 0.0837. The lowest BCUT2D eigenvalue weighted by Crippen LogP contribution is -2.28. The second-order valence-corrected chi connectivity index (χ2v) is 8.67. The number of carbonyl (C=O) groups excluding carboxylic acids is 2. The van der Waals surface area contributed by atoms with Crippen molar-refractivity contribution in [2.45, 2.75) is 24.9 Å². The number of likely N-dealkylation sites (N-methyl/N-ethyl adjacent to an activating group) is 1. The molecular formula is C27H25FN2O3. The van der Waals surface area contributed by atoms with Crippen LogP contribution in [0.15, 0.2) is 66.7 Å². The normalized spacial score (nSPS) is 18.8. The summed E-state index contributed by atoms with van der Waals surface area (Å²) < 4.78 is 19.6. The fourth-order valence-corrected chi connectivity index (χ4v) is 4.29. The Bertz CT molecular complexity index is 1200. The number of amides is 2. The maximum atomic E-state index is 13.4. The van der Waals surface area contributed by atoms with Crippen LogP contribution in [0.2, 0.25) is 0 Å². The zero-order chi connectivity index (χ0) is 22.9. The Morgan fingerprint density at radius 2 is 1.76 bits per heavy atom. The van der Waals surface area contributed by atoms with Crippen molar-refractivity contribution < 1.29 is 18.7 Å². The van der Waals surface area contributed by atoms with E-state index in [-0.39, 0.29) is 17.6 Å². The number of fused-ring (bicyclic) bond motifs is 1. The van der Waals surface area contributed by atoms with E-state index in [0.717, 1.165) is 28.8 Å². The van der Waals surface area contributed by atoms with Gasteiger partial charge in [0.2, 0.25) is 5.91 Å². The van der Waals surface area contributed by atoms with Crippen LogP contribution in [-0.2, 0) is 4.79 Å². The summed E-state index contributed by atoms with van der Waals surface area (Å²) in [6.45, 7) is 0.720. The molecule has 0 saturated heterocycles. The molecule has 3 aromatic carbocycles. The van der Waals surface area contributed by atoms with E-state index in [4.69, 9.17) is 4.74 Å². The van der Waals surface area contributed by atoms with Crippen molar-refractivity contribution >= 4 is 11.8 Å². The monoisotopic (exact) mass is 444 g/mol. The van der Waals surface area contributed by atoms with Crippen molar-refractivity contribution in [1.82, 2.24) is 10.6 Å². The summed E-state index contributed by atoms with van der Waals surface area (Å²) >= 11 is 0. The molecule has 0 spiro atoms. The van der Waals surface area contributed by atoms with Crippen LogP contribution in [0.25, 0.3) is 11.1 Å². The van der Waals surface area contributed by atoms with E-state index in [1.165, 1.54) is 25.0 Å². The predicted octanol–water partition coefficient (Wildman–Crippen LogP) is 4.60. The van der Waals surface area contributed by atoms with Gasteiger partial charge in [0.05, 0.1) is 0 Å². The fraction of sp³-hybridized carbons (Fsp3) is 0.259. The van der Waals surface area contributed by atoms with Crippen molar-refractivity contribution in [3.63, 3.8) is 0 Å². The molecule has 0 aromatic heterocycles. The van der Waals surface area contributed by atoms with Crippen LogP contribution in [0.3, 0.4) is 0 Å². The van der Waals surface area contributed by atoms with Crippen molar-refractivity contribution in [3.8, 4) is 16.9 Å². The molecule has 1 saturated carbocycles. The van der Waals surface area contributed by atoms with Crippen molar-refractivity contribution in [1.29, 1.82) is 0 Å². The van der Waals surface area contributed by atoms with Crippen LogP contribution in [0.5, 0.6) is 5.75 Å². The smallest absolute Gasteiger partial charge is 0.251 e. The number of nitrogens with one attached hydrogen (secondary N) is 2. The first kappa shape index (κ1) is 21.2. The maximum Gasteiger partial charge on any atom is 0.251 e. The number of rotatable bonds is 6. The standard InChI is InChI=1S/C27H25FN2O3/c1-29-27(32)24-22-14-19(9-12-23(22)33-25(24)17-7-10-21(28)11-8-17)18-3-2-4-20(13-18)26(31)30-15-16-5-6-16/h2-4,7-14,16,24-25H,5-6,15H2,1H3,(H,29,32)(H,30,31). The molecule has 2 atom stereocenters. The van der Waals surface area contributed by atoms with Gasteiger partial charge in [-0.1, -0.05) is 30.3 Å². The summed E-state index contributed by atoms with van der Waals surface area (Å²) in [5, 5.41) is 5.72. The number of ether oxygens (including phenoxy) is 1. The summed E-state index contributed by atoms with van der Waals surface area (Å²) in [6.07, 6.45) is 1.82. The molecule has 168 valence electrons. The van der Waals surface area contributed by atoms with Gasteiger partial charge < -0.3 is 15.4 Å². The zero-order valence-electron chi connectivity index (χ0n) is 18.3. The molecular weight excluding hydrogens is 419 g/mol. The van der Waals surface area contributed by atoms with E-state index in [2.05, 4.69) is 10.6 Å². The summed E-state index contributed by atoms with van der Waals surface area (Å²) in [6, 6.07) is 19.2. The Morgan fingerprint density at radius 1 is 1.00 bits per heavy atom. The Hall–Kier alpha value is -3.67. The molecule has 2 unspecified atom stereocenters. The summed E-state index contributed by atoms with van der Waals surface area (Å²) in [5.41, 5.74) is 3.89. The Morgan fingerprint density at radius 3 is 2.48 bits per heavy atom. The van der Waals surface area contributed by atoms with E-state index in [1.54, 1.807) is 25.2 Å². The van der Waals surface area contributed by atoms with Crippen LogP contribution >= 0.6 is 0 Å². The Kier molecular flexibility index (Phi) is 5.58. The average Bonchev–Trinajstić information content (AvgIpc) is 3.60. The van der Waals surface area contributed by atoms with E-state index in [1.807, 2.05) is 36.4 Å². The van der Waals surface area contributed by atoms with Gasteiger partial charge in [-0.05, 0) is 71.8 Å². The van der Waals surface area contributed by atoms with Crippen molar-refractivity contribution in [2.75, 3.05) is 13.6 Å². The minimum Gasteiger partial charge on any atom is -0.484 e. The zero-order valence-corrected chi connectivity index (χ0v) is 18.3. The molecule has 1 heterocycles. The van der Waals surface area contributed by atoms with Gasteiger partial charge >= 0.3 is 0 Å². The minimum atomic E-state index is -0.569. The lowest BCUT2D eigenvalue weighted by molar-refractivity contribution is -0.123. The first-order valence-corrected chi connectivity index (χ1v) is 11.2. The highest BCUT2D eigenvalue weighted by Gasteiger charge is 2.40. The van der Waals surface area contributed by atoms with Crippen LogP contribution < -0.4 is 15.4 Å². The topological polar surface area (TPSA) is 67.4 Å².